The van der Waals surface area contributed by atoms with Crippen LogP contribution < -0.4 is 5.73 Å². The van der Waals surface area contributed by atoms with Gasteiger partial charge in [-0.3, -0.25) is 0 Å². The van der Waals surface area contributed by atoms with Gasteiger partial charge in [-0.15, -0.1) is 0 Å². The molecule has 0 aliphatic heterocycles. The minimum atomic E-state index is 0.362. The van der Waals surface area contributed by atoms with Crippen molar-refractivity contribution in [2.45, 2.75) is 44.6 Å². The van der Waals surface area contributed by atoms with Crippen molar-refractivity contribution in [1.82, 2.24) is 0 Å². The van der Waals surface area contributed by atoms with Gasteiger partial charge in [0.25, 0.3) is 0 Å². The van der Waals surface area contributed by atoms with Crippen LogP contribution in [0, 0.1) is 5.92 Å². The molecular weight excluding hydrogens is 253 g/mol. The molecule has 2 rings (SSSR count). The number of halogens is 2. The molecule has 94 valence electrons. The molecule has 0 bridgehead atoms. The van der Waals surface area contributed by atoms with E-state index in [4.69, 9.17) is 28.9 Å². The summed E-state index contributed by atoms with van der Waals surface area (Å²) in [6.07, 6.45) is 7.10. The van der Waals surface area contributed by atoms with Crippen LogP contribution >= 0.6 is 23.2 Å². The lowest BCUT2D eigenvalue weighted by molar-refractivity contribution is 0.431. The Morgan fingerprint density at radius 2 is 1.94 bits per heavy atom. The fourth-order valence-corrected chi connectivity index (χ4v) is 3.10. The minimum absolute atomic E-state index is 0.362. The van der Waals surface area contributed by atoms with Gasteiger partial charge in [-0.05, 0) is 36.8 Å². The van der Waals surface area contributed by atoms with Gasteiger partial charge in [-0.25, -0.2) is 0 Å². The quantitative estimate of drug-likeness (QED) is 0.791. The van der Waals surface area contributed by atoms with Crippen molar-refractivity contribution in [2.24, 2.45) is 11.7 Å². The maximum Gasteiger partial charge on any atom is 0.0624 e. The van der Waals surface area contributed by atoms with Gasteiger partial charge in [-0.2, -0.15) is 0 Å². The molecule has 0 spiro atoms. The number of rotatable bonds is 2. The van der Waals surface area contributed by atoms with Crippen molar-refractivity contribution in [3.63, 3.8) is 0 Å². The van der Waals surface area contributed by atoms with Crippen LogP contribution in [0.15, 0.2) is 18.2 Å². The lowest BCUT2D eigenvalue weighted by Crippen LogP contribution is -2.22. The zero-order valence-corrected chi connectivity index (χ0v) is 11.5. The Balaban J connectivity index is 2.06. The number of hydrogen-bond acceptors (Lipinski definition) is 1. The Morgan fingerprint density at radius 3 is 2.76 bits per heavy atom. The molecule has 0 radical (unpaired) electrons. The van der Waals surface area contributed by atoms with Gasteiger partial charge in [0.15, 0.2) is 0 Å². The summed E-state index contributed by atoms with van der Waals surface area (Å²) >= 11 is 12.3. The first kappa shape index (κ1) is 13.2. The van der Waals surface area contributed by atoms with Crippen molar-refractivity contribution >= 4 is 23.2 Å². The normalized spacial score (nSPS) is 25.6. The summed E-state index contributed by atoms with van der Waals surface area (Å²) in [4.78, 5) is 0. The monoisotopic (exact) mass is 271 g/mol. The Hall–Kier alpha value is -0.240. The fourth-order valence-electron chi connectivity index (χ4n) is 2.71. The first-order valence-electron chi connectivity index (χ1n) is 6.35. The first-order chi connectivity index (χ1) is 8.16. The van der Waals surface area contributed by atoms with E-state index >= 15 is 0 Å². The van der Waals surface area contributed by atoms with Gasteiger partial charge < -0.3 is 5.73 Å². The van der Waals surface area contributed by atoms with Crippen LogP contribution in [-0.4, -0.2) is 6.04 Å². The molecule has 1 aromatic rings. The highest BCUT2D eigenvalue weighted by Gasteiger charge is 2.19. The van der Waals surface area contributed by atoms with Gasteiger partial charge in [0.05, 0.1) is 10.0 Å². The van der Waals surface area contributed by atoms with E-state index in [0.29, 0.717) is 22.0 Å². The molecule has 0 heterocycles. The van der Waals surface area contributed by atoms with E-state index in [9.17, 15) is 0 Å². The molecule has 1 aliphatic carbocycles. The van der Waals surface area contributed by atoms with E-state index in [2.05, 4.69) is 6.07 Å². The third-order valence-corrected chi connectivity index (χ3v) is 4.47. The smallest absolute Gasteiger partial charge is 0.0624 e. The van der Waals surface area contributed by atoms with Gasteiger partial charge in [0.2, 0.25) is 0 Å². The average molecular weight is 272 g/mol. The molecular formula is C14H19Cl2N. The molecule has 2 N–H and O–H groups in total. The maximum absolute atomic E-state index is 6.23. The standard InChI is InChI=1S/C14H19Cl2N/c15-13-7-3-5-11(14(13)16)8-10-4-1-2-6-12(17)9-10/h3,5,7,10,12H,1-2,4,6,8-9,17H2. The predicted octanol–water partition coefficient (Wildman–Crippen LogP) is 4.44. The van der Waals surface area contributed by atoms with E-state index < -0.39 is 0 Å². The lowest BCUT2D eigenvalue weighted by atomic mass is 9.91. The SMILES string of the molecule is NC1CCCCC(Cc2cccc(Cl)c2Cl)C1. The van der Waals surface area contributed by atoms with Crippen molar-refractivity contribution in [3.05, 3.63) is 33.8 Å². The summed E-state index contributed by atoms with van der Waals surface area (Å²) in [6.45, 7) is 0. The van der Waals surface area contributed by atoms with Gasteiger partial charge in [-0.1, -0.05) is 54.6 Å². The molecule has 2 unspecified atom stereocenters. The van der Waals surface area contributed by atoms with Crippen LogP contribution in [0.2, 0.25) is 10.0 Å². The summed E-state index contributed by atoms with van der Waals surface area (Å²) in [5, 5.41) is 1.37. The third-order valence-electron chi connectivity index (χ3n) is 3.61. The highest BCUT2D eigenvalue weighted by Crippen LogP contribution is 2.31. The molecule has 1 saturated carbocycles. The second-order valence-electron chi connectivity index (χ2n) is 5.06. The largest absolute Gasteiger partial charge is 0.328 e. The number of benzene rings is 1. The molecule has 1 aliphatic rings. The predicted molar refractivity (Wildman–Crippen MR) is 74.7 cm³/mol. The zero-order chi connectivity index (χ0) is 12.3. The number of hydrogen-bond donors (Lipinski definition) is 1. The van der Waals surface area contributed by atoms with E-state index in [-0.39, 0.29) is 0 Å². The van der Waals surface area contributed by atoms with Crippen LogP contribution in [0.1, 0.15) is 37.7 Å². The van der Waals surface area contributed by atoms with Crippen LogP contribution in [0.5, 0.6) is 0 Å². The Bertz CT molecular complexity index is 378. The first-order valence-corrected chi connectivity index (χ1v) is 7.11. The van der Waals surface area contributed by atoms with Crippen molar-refractivity contribution in [3.8, 4) is 0 Å². The molecule has 0 saturated heterocycles. The van der Waals surface area contributed by atoms with E-state index in [1.165, 1.54) is 31.2 Å². The van der Waals surface area contributed by atoms with Crippen LogP contribution in [0.3, 0.4) is 0 Å². The van der Waals surface area contributed by atoms with Crippen LogP contribution in [-0.2, 0) is 6.42 Å². The van der Waals surface area contributed by atoms with E-state index in [0.717, 1.165) is 12.8 Å². The molecule has 17 heavy (non-hydrogen) atoms. The highest BCUT2D eigenvalue weighted by molar-refractivity contribution is 6.42. The third kappa shape index (κ3) is 3.61. The minimum Gasteiger partial charge on any atom is -0.328 e. The maximum atomic E-state index is 6.23. The second kappa shape index (κ2) is 6.08. The topological polar surface area (TPSA) is 26.0 Å². The summed E-state index contributed by atoms with van der Waals surface area (Å²) in [5.74, 6) is 0.656. The highest BCUT2D eigenvalue weighted by atomic mass is 35.5. The Kier molecular flexibility index (Phi) is 4.72. The molecule has 1 fully saturated rings. The summed E-state index contributed by atoms with van der Waals surface area (Å²) < 4.78 is 0. The fraction of sp³-hybridized carbons (Fsp3) is 0.571. The van der Waals surface area contributed by atoms with E-state index in [1.807, 2.05) is 12.1 Å². The van der Waals surface area contributed by atoms with Crippen molar-refractivity contribution < 1.29 is 0 Å². The Morgan fingerprint density at radius 1 is 1.18 bits per heavy atom. The molecule has 1 aromatic carbocycles. The summed E-state index contributed by atoms with van der Waals surface area (Å²) in [6, 6.07) is 6.25. The molecule has 3 heteroatoms. The van der Waals surface area contributed by atoms with Crippen LogP contribution in [0.4, 0.5) is 0 Å². The van der Waals surface area contributed by atoms with Crippen LogP contribution in [0.25, 0.3) is 0 Å². The number of nitrogens with two attached hydrogens (primary N) is 1. The van der Waals surface area contributed by atoms with Gasteiger partial charge in [0.1, 0.15) is 0 Å². The Labute approximate surface area is 113 Å². The lowest BCUT2D eigenvalue weighted by Gasteiger charge is -2.18. The molecule has 0 amide bonds. The van der Waals surface area contributed by atoms with Gasteiger partial charge in [0, 0.05) is 6.04 Å². The van der Waals surface area contributed by atoms with E-state index in [1.54, 1.807) is 0 Å². The zero-order valence-electron chi connectivity index (χ0n) is 9.96. The van der Waals surface area contributed by atoms with Crippen molar-refractivity contribution in [2.75, 3.05) is 0 Å². The van der Waals surface area contributed by atoms with Crippen molar-refractivity contribution in [1.29, 1.82) is 0 Å². The summed E-state index contributed by atoms with van der Waals surface area (Å²) in [7, 11) is 0. The van der Waals surface area contributed by atoms with Gasteiger partial charge >= 0.3 is 0 Å². The summed E-state index contributed by atoms with van der Waals surface area (Å²) in [5.41, 5.74) is 7.25. The second-order valence-corrected chi connectivity index (χ2v) is 5.85. The average Bonchev–Trinajstić information content (AvgIpc) is 2.49. The molecule has 2 atom stereocenters. The molecule has 1 nitrogen and oxygen atoms in total. The molecule has 0 aromatic heterocycles.